The van der Waals surface area contributed by atoms with Crippen molar-refractivity contribution in [3.8, 4) is 17.2 Å². The number of ether oxygens (including phenoxy) is 3. The molecule has 3 aromatic rings. The first-order valence-electron chi connectivity index (χ1n) is 11.1. The van der Waals surface area contributed by atoms with E-state index in [1.165, 1.54) is 10.7 Å². The van der Waals surface area contributed by atoms with Gasteiger partial charge in [-0.2, -0.15) is 4.52 Å². The lowest BCUT2D eigenvalue weighted by Gasteiger charge is -2.49. The summed E-state index contributed by atoms with van der Waals surface area (Å²) in [6.45, 7) is 5.14. The lowest BCUT2D eigenvalue weighted by atomic mass is 9.41. The molecule has 1 saturated heterocycles. The number of halogens is 1. The Kier molecular flexibility index (Phi) is 5.78. The van der Waals surface area contributed by atoms with Crippen molar-refractivity contribution in [1.82, 2.24) is 14.6 Å². The van der Waals surface area contributed by atoms with Crippen LogP contribution in [0.4, 0.5) is 5.82 Å². The molecule has 2 aliphatic heterocycles. The van der Waals surface area contributed by atoms with Gasteiger partial charge >= 0.3 is 0 Å². The molecule has 1 aromatic carbocycles. The van der Waals surface area contributed by atoms with Crippen molar-refractivity contribution in [2.24, 2.45) is 0 Å². The van der Waals surface area contributed by atoms with E-state index >= 15 is 0 Å². The van der Waals surface area contributed by atoms with E-state index in [4.69, 9.17) is 57.2 Å². The number of nitrogens with zero attached hydrogens (tertiary/aromatic N) is 4. The Balaban J connectivity index is 1.31. The summed E-state index contributed by atoms with van der Waals surface area (Å²) >= 11 is 5.94. The minimum Gasteiger partial charge on any atom is -0.501 e. The average molecular weight is 482 g/mol. The number of aromatic nitrogens is 3. The largest absolute Gasteiger partial charge is 0.501 e. The van der Waals surface area contributed by atoms with E-state index in [-0.39, 0.29) is 11.1 Å². The van der Waals surface area contributed by atoms with Gasteiger partial charge in [0.25, 0.3) is 5.56 Å². The number of hydrogen-bond acceptors (Lipinski definition) is 7. The number of rotatable bonds is 3. The third-order valence-electron chi connectivity index (χ3n) is 6.24. The van der Waals surface area contributed by atoms with E-state index < -0.39 is 16.4 Å². The zero-order chi connectivity index (χ0) is 25.1. The van der Waals surface area contributed by atoms with Gasteiger partial charge in [-0.1, -0.05) is 11.6 Å². The van der Waals surface area contributed by atoms with Gasteiger partial charge in [0.1, 0.15) is 48.3 Å². The monoisotopic (exact) mass is 482 g/mol. The third kappa shape index (κ3) is 4.26. The van der Waals surface area contributed by atoms with Crippen LogP contribution in [0.15, 0.2) is 29.2 Å². The summed E-state index contributed by atoms with van der Waals surface area (Å²) in [6, 6.07) is 5.31. The van der Waals surface area contributed by atoms with Gasteiger partial charge in [0.2, 0.25) is 0 Å². The van der Waals surface area contributed by atoms with Gasteiger partial charge < -0.3 is 19.1 Å². The van der Waals surface area contributed by atoms with Crippen molar-refractivity contribution in [2.45, 2.75) is 43.6 Å². The number of piperidine rings is 1. The minimum atomic E-state index is -1.91. The van der Waals surface area contributed by atoms with E-state index in [0.717, 1.165) is 24.0 Å². The van der Waals surface area contributed by atoms with Crippen LogP contribution in [0, 0.1) is 13.8 Å². The Bertz CT molecular complexity index is 1380. The second kappa shape index (κ2) is 8.43. The smallest absolute Gasteiger partial charge is 0.293 e. The maximum absolute atomic E-state index is 12.4. The molecule has 13 heteroatoms. The Morgan fingerprint density at radius 1 is 1.06 bits per heavy atom. The van der Waals surface area contributed by atoms with Gasteiger partial charge in [0.15, 0.2) is 23.0 Å². The standard InChI is InChI=1S/C22H19B4ClN4O4/c1-11-7-14(9-16-18(11)35-22(25,26)21(23,24)34-16)33-13-3-5-30(6-4-13)19-12(2)8-17-28-10-15(27)20(32)31(17)29-19/h7-10,13H,3-6H2,1-2H3. The van der Waals surface area contributed by atoms with Crippen LogP contribution in [0.1, 0.15) is 24.0 Å². The maximum Gasteiger partial charge on any atom is 0.293 e. The summed E-state index contributed by atoms with van der Waals surface area (Å²) in [5.41, 5.74) is 1.70. The highest BCUT2D eigenvalue weighted by atomic mass is 35.5. The van der Waals surface area contributed by atoms with Gasteiger partial charge in [0.05, 0.1) is 6.20 Å². The molecule has 0 aliphatic carbocycles. The number of benzene rings is 1. The summed E-state index contributed by atoms with van der Waals surface area (Å²) in [5.74, 6) is 1.98. The number of hydrogen-bond donors (Lipinski definition) is 0. The second-order valence-electron chi connectivity index (χ2n) is 8.99. The summed E-state index contributed by atoms with van der Waals surface area (Å²) in [4.78, 5) is 18.7. The minimum absolute atomic E-state index is 0.0248. The van der Waals surface area contributed by atoms with Gasteiger partial charge in [0, 0.05) is 42.8 Å². The van der Waals surface area contributed by atoms with Crippen LogP contribution in [0.3, 0.4) is 0 Å². The van der Waals surface area contributed by atoms with Crippen LogP contribution in [-0.4, -0.2) is 76.0 Å². The third-order valence-corrected chi connectivity index (χ3v) is 6.49. The first kappa shape index (κ1) is 24.0. The fourth-order valence-corrected chi connectivity index (χ4v) is 4.38. The van der Waals surface area contributed by atoms with E-state index in [0.29, 0.717) is 41.8 Å². The first-order chi connectivity index (χ1) is 16.4. The van der Waals surface area contributed by atoms with Crippen LogP contribution in [-0.2, 0) is 0 Å². The zero-order valence-corrected chi connectivity index (χ0v) is 20.1. The lowest BCUT2D eigenvalue weighted by molar-refractivity contribution is 0.0601. The van der Waals surface area contributed by atoms with E-state index in [1.54, 1.807) is 6.07 Å². The molecule has 8 radical (unpaired) electrons. The Hall–Kier alpha value is -2.74. The Morgan fingerprint density at radius 3 is 2.46 bits per heavy atom. The van der Waals surface area contributed by atoms with Crippen molar-refractivity contribution >= 4 is 54.5 Å². The quantitative estimate of drug-likeness (QED) is 0.519. The van der Waals surface area contributed by atoms with Crippen LogP contribution < -0.4 is 24.7 Å². The first-order valence-corrected chi connectivity index (χ1v) is 11.5. The molecule has 0 saturated carbocycles. The van der Waals surface area contributed by atoms with Crippen molar-refractivity contribution < 1.29 is 14.2 Å². The molecule has 0 amide bonds. The second-order valence-corrected chi connectivity index (χ2v) is 9.40. The predicted octanol–water partition coefficient (Wildman–Crippen LogP) is 1.16. The molecule has 0 N–H and O–H groups in total. The molecule has 8 nitrogen and oxygen atoms in total. The van der Waals surface area contributed by atoms with E-state index in [2.05, 4.69) is 15.0 Å². The Morgan fingerprint density at radius 2 is 1.74 bits per heavy atom. The summed E-state index contributed by atoms with van der Waals surface area (Å²) in [6.07, 6.45) is 2.77. The van der Waals surface area contributed by atoms with Gasteiger partial charge in [-0.3, -0.25) is 4.79 Å². The van der Waals surface area contributed by atoms with Crippen molar-refractivity contribution in [1.29, 1.82) is 0 Å². The van der Waals surface area contributed by atoms with Crippen LogP contribution in [0.2, 0.25) is 5.02 Å². The van der Waals surface area contributed by atoms with Gasteiger partial charge in [-0.05, 0) is 37.1 Å². The highest BCUT2D eigenvalue weighted by Crippen LogP contribution is 2.44. The molecular weight excluding hydrogens is 463 g/mol. The summed E-state index contributed by atoms with van der Waals surface area (Å²) in [5, 5.41) is 0.744. The zero-order valence-electron chi connectivity index (χ0n) is 19.3. The average Bonchev–Trinajstić information content (AvgIpc) is 2.78. The van der Waals surface area contributed by atoms with Crippen molar-refractivity contribution in [3.05, 3.63) is 50.9 Å². The topological polar surface area (TPSA) is 78.2 Å². The predicted molar refractivity (Wildman–Crippen MR) is 136 cm³/mol. The van der Waals surface area contributed by atoms with Gasteiger partial charge in [-0.25, -0.2) is 4.98 Å². The molecule has 0 spiro atoms. The lowest BCUT2D eigenvalue weighted by Crippen LogP contribution is -2.65. The highest BCUT2D eigenvalue weighted by molar-refractivity contribution is 6.53. The molecule has 35 heavy (non-hydrogen) atoms. The van der Waals surface area contributed by atoms with E-state index in [9.17, 15) is 4.79 Å². The molecule has 5 rings (SSSR count). The van der Waals surface area contributed by atoms with Crippen LogP contribution >= 0.6 is 11.6 Å². The summed E-state index contributed by atoms with van der Waals surface area (Å²) < 4.78 is 18.7. The molecule has 1 fully saturated rings. The summed E-state index contributed by atoms with van der Waals surface area (Å²) in [7, 11) is 23.5. The molecule has 4 heterocycles. The molecule has 2 aliphatic rings. The van der Waals surface area contributed by atoms with Crippen LogP contribution in [0.5, 0.6) is 17.2 Å². The maximum atomic E-state index is 12.4. The van der Waals surface area contributed by atoms with Gasteiger partial charge in [-0.15, -0.1) is 5.10 Å². The normalized spacial score (nSPS) is 19.0. The number of fused-ring (bicyclic) bond motifs is 2. The fraction of sp³-hybridized carbons (Fsp3) is 0.409. The van der Waals surface area contributed by atoms with Crippen molar-refractivity contribution in [2.75, 3.05) is 18.0 Å². The number of anilines is 1. The highest BCUT2D eigenvalue weighted by Gasteiger charge is 2.43. The van der Waals surface area contributed by atoms with Crippen molar-refractivity contribution in [3.63, 3.8) is 0 Å². The molecular formula is C22H19B4ClN4O4. The van der Waals surface area contributed by atoms with E-state index in [1.807, 2.05) is 26.0 Å². The fourth-order valence-electron chi connectivity index (χ4n) is 4.25. The number of aryl methyl sites for hydroxylation is 2. The molecule has 2 aromatic heterocycles. The molecule has 0 atom stereocenters. The Labute approximate surface area is 212 Å². The molecule has 0 unspecified atom stereocenters. The molecule has 0 bridgehead atoms. The SMILES string of the molecule is [B]C1([B])Oc2cc(OC3CCN(c4nn5c(=O)c(Cl)cnc5cc4C)CC3)cc(C)c2OC1([B])[B]. The molecule has 170 valence electrons. The van der Waals surface area contributed by atoms with Crippen LogP contribution in [0.25, 0.3) is 5.65 Å².